The van der Waals surface area contributed by atoms with Crippen molar-refractivity contribution in [3.63, 3.8) is 0 Å². The molecule has 1 aromatic carbocycles. The Kier molecular flexibility index (Phi) is 7.20. The van der Waals surface area contributed by atoms with E-state index in [0.29, 0.717) is 43.0 Å². The van der Waals surface area contributed by atoms with Crippen LogP contribution in [-0.2, 0) is 14.3 Å². The second kappa shape index (κ2) is 9.66. The molecule has 2 heterocycles. The highest BCUT2D eigenvalue weighted by Gasteiger charge is 2.35. The molecule has 8 nitrogen and oxygen atoms in total. The lowest BCUT2D eigenvalue weighted by molar-refractivity contribution is -0.173. The quantitative estimate of drug-likeness (QED) is 0.673. The molecule has 30 heavy (non-hydrogen) atoms. The van der Waals surface area contributed by atoms with Crippen LogP contribution in [0.1, 0.15) is 44.0 Å². The number of hydrogen-bond acceptors (Lipinski definition) is 8. The smallest absolute Gasteiger partial charge is 0.493 e. The number of benzene rings is 1. The molecule has 0 saturated carbocycles. The average Bonchev–Trinajstić information content (AvgIpc) is 2.70. The summed E-state index contributed by atoms with van der Waals surface area (Å²) in [5.41, 5.74) is -0.0762. The minimum atomic E-state index is -0.646. The van der Waals surface area contributed by atoms with Crippen LogP contribution >= 0.6 is 0 Å². The van der Waals surface area contributed by atoms with E-state index in [1.165, 1.54) is 7.11 Å². The molecular formula is C22H32N2O6. The number of piperazine rings is 1. The van der Waals surface area contributed by atoms with Gasteiger partial charge in [-0.15, -0.1) is 5.06 Å². The zero-order valence-electron chi connectivity index (χ0n) is 18.3. The van der Waals surface area contributed by atoms with Crippen molar-refractivity contribution in [2.75, 3.05) is 39.9 Å². The summed E-state index contributed by atoms with van der Waals surface area (Å²) >= 11 is 0. The molecule has 0 bridgehead atoms. The van der Waals surface area contributed by atoms with Crippen LogP contribution in [0.3, 0.4) is 0 Å². The molecular weight excluding hydrogens is 388 g/mol. The summed E-state index contributed by atoms with van der Waals surface area (Å²) in [7, 11) is 1.37. The van der Waals surface area contributed by atoms with Crippen molar-refractivity contribution < 1.29 is 28.6 Å². The van der Waals surface area contributed by atoms with Gasteiger partial charge in [-0.2, -0.15) is 0 Å². The molecule has 2 aliphatic rings. The molecule has 1 aromatic rings. The lowest BCUT2D eigenvalue weighted by atomic mass is 9.92. The number of hydrogen-bond donors (Lipinski definition) is 0. The van der Waals surface area contributed by atoms with Gasteiger partial charge < -0.3 is 19.0 Å². The van der Waals surface area contributed by atoms with E-state index in [1.54, 1.807) is 23.3 Å². The van der Waals surface area contributed by atoms with Gasteiger partial charge in [-0.05, 0) is 51.8 Å². The Labute approximate surface area is 178 Å². The molecule has 3 rings (SSSR count). The van der Waals surface area contributed by atoms with Gasteiger partial charge >= 0.3 is 12.1 Å². The Balaban J connectivity index is 1.44. The molecule has 166 valence electrons. The van der Waals surface area contributed by atoms with Crippen molar-refractivity contribution in [3.05, 3.63) is 29.8 Å². The summed E-state index contributed by atoms with van der Waals surface area (Å²) in [6, 6.07) is 7.43. The number of esters is 1. The highest BCUT2D eigenvalue weighted by atomic mass is 16.8. The molecule has 2 atom stereocenters. The SMILES string of the molecule is COC(=O)c1cccc(OC[C@H]2CC[C@H]3CN(OC(=O)OC(C)(C)C)CCN3C2)c1. The second-order valence-electron chi connectivity index (χ2n) is 8.87. The number of fused-ring (bicyclic) bond motifs is 1. The molecule has 2 aliphatic heterocycles. The van der Waals surface area contributed by atoms with Gasteiger partial charge in [0.15, 0.2) is 0 Å². The summed E-state index contributed by atoms with van der Waals surface area (Å²) in [4.78, 5) is 31.4. The standard InChI is InChI=1S/C22H32N2O6/c1-22(2,3)29-21(26)30-24-11-10-23-13-16(8-9-18(23)14-24)15-28-19-7-5-6-17(12-19)20(25)27-4/h5-7,12,16,18H,8-11,13-15H2,1-4H3/t16-,18-/m0/s1. The zero-order valence-corrected chi connectivity index (χ0v) is 18.3. The summed E-state index contributed by atoms with van der Waals surface area (Å²) in [6.07, 6.45) is 1.41. The van der Waals surface area contributed by atoms with Crippen LogP contribution in [0.4, 0.5) is 4.79 Å². The Morgan fingerprint density at radius 1 is 1.13 bits per heavy atom. The first kappa shape index (κ1) is 22.4. The monoisotopic (exact) mass is 420 g/mol. The van der Waals surface area contributed by atoms with Gasteiger partial charge in [-0.25, -0.2) is 9.59 Å². The van der Waals surface area contributed by atoms with Gasteiger partial charge in [0.1, 0.15) is 11.4 Å². The minimum absolute atomic E-state index is 0.361. The maximum Gasteiger partial charge on any atom is 0.528 e. The molecule has 0 N–H and O–H groups in total. The molecule has 0 aromatic heterocycles. The third kappa shape index (κ3) is 6.34. The van der Waals surface area contributed by atoms with E-state index >= 15 is 0 Å². The highest BCUT2D eigenvalue weighted by molar-refractivity contribution is 5.89. The lowest BCUT2D eigenvalue weighted by Crippen LogP contribution is -2.57. The van der Waals surface area contributed by atoms with E-state index in [2.05, 4.69) is 4.90 Å². The van der Waals surface area contributed by atoms with Crippen molar-refractivity contribution in [2.24, 2.45) is 5.92 Å². The van der Waals surface area contributed by atoms with Gasteiger partial charge in [0.05, 0.1) is 25.8 Å². The number of rotatable bonds is 5. The lowest BCUT2D eigenvalue weighted by Gasteiger charge is -2.45. The Morgan fingerprint density at radius 3 is 2.67 bits per heavy atom. The van der Waals surface area contributed by atoms with Crippen molar-refractivity contribution >= 4 is 12.1 Å². The third-order valence-corrected chi connectivity index (χ3v) is 5.30. The Morgan fingerprint density at radius 2 is 1.93 bits per heavy atom. The van der Waals surface area contributed by atoms with Gasteiger partial charge in [-0.1, -0.05) is 6.07 Å². The van der Waals surface area contributed by atoms with E-state index in [0.717, 1.165) is 25.9 Å². The predicted octanol–water partition coefficient (Wildman–Crippen LogP) is 3.11. The first-order chi connectivity index (χ1) is 14.2. The van der Waals surface area contributed by atoms with Crippen LogP contribution in [0.5, 0.6) is 5.75 Å². The number of carbonyl (C=O) groups is 2. The molecule has 8 heteroatoms. The van der Waals surface area contributed by atoms with E-state index in [4.69, 9.17) is 19.0 Å². The Bertz CT molecular complexity index is 747. The number of ether oxygens (including phenoxy) is 3. The van der Waals surface area contributed by atoms with Crippen LogP contribution in [0.15, 0.2) is 24.3 Å². The minimum Gasteiger partial charge on any atom is -0.493 e. The predicted molar refractivity (Wildman–Crippen MR) is 110 cm³/mol. The van der Waals surface area contributed by atoms with Gasteiger partial charge in [0, 0.05) is 31.6 Å². The first-order valence-electron chi connectivity index (χ1n) is 10.4. The van der Waals surface area contributed by atoms with Crippen LogP contribution in [-0.4, -0.2) is 73.6 Å². The van der Waals surface area contributed by atoms with Crippen LogP contribution in [0.2, 0.25) is 0 Å². The van der Waals surface area contributed by atoms with Crippen molar-refractivity contribution in [1.29, 1.82) is 0 Å². The number of hydroxylamine groups is 2. The average molecular weight is 421 g/mol. The fraction of sp³-hybridized carbons (Fsp3) is 0.636. The van der Waals surface area contributed by atoms with Gasteiger partial charge in [-0.3, -0.25) is 4.90 Å². The van der Waals surface area contributed by atoms with E-state index in [9.17, 15) is 9.59 Å². The summed E-state index contributed by atoms with van der Waals surface area (Å²) in [5.74, 6) is 0.726. The largest absolute Gasteiger partial charge is 0.528 e. The van der Waals surface area contributed by atoms with Gasteiger partial charge in [0.25, 0.3) is 0 Å². The van der Waals surface area contributed by atoms with Crippen molar-refractivity contribution in [1.82, 2.24) is 9.96 Å². The van der Waals surface area contributed by atoms with Crippen molar-refractivity contribution in [3.8, 4) is 5.75 Å². The molecule has 0 unspecified atom stereocenters. The molecule has 2 saturated heterocycles. The number of carbonyl (C=O) groups excluding carboxylic acids is 2. The van der Waals surface area contributed by atoms with Crippen LogP contribution < -0.4 is 4.74 Å². The normalized spacial score (nSPS) is 22.7. The fourth-order valence-corrected chi connectivity index (χ4v) is 3.87. The molecule has 0 spiro atoms. The van der Waals surface area contributed by atoms with Crippen LogP contribution in [0.25, 0.3) is 0 Å². The zero-order chi connectivity index (χ0) is 21.7. The van der Waals surface area contributed by atoms with Gasteiger partial charge in [0.2, 0.25) is 0 Å². The molecule has 2 fully saturated rings. The molecule has 0 radical (unpaired) electrons. The number of nitrogens with zero attached hydrogens (tertiary/aromatic N) is 2. The topological polar surface area (TPSA) is 77.5 Å². The summed E-state index contributed by atoms with van der Waals surface area (Å²) in [5, 5.41) is 1.71. The highest BCUT2D eigenvalue weighted by Crippen LogP contribution is 2.26. The van der Waals surface area contributed by atoms with Crippen LogP contribution in [0, 0.1) is 5.92 Å². The second-order valence-corrected chi connectivity index (χ2v) is 8.87. The van der Waals surface area contributed by atoms with E-state index in [-0.39, 0.29) is 5.97 Å². The maximum atomic E-state index is 11.9. The Hall–Kier alpha value is -2.32. The van der Waals surface area contributed by atoms with Crippen molar-refractivity contribution in [2.45, 2.75) is 45.3 Å². The maximum absolute atomic E-state index is 11.9. The summed E-state index contributed by atoms with van der Waals surface area (Å²) < 4.78 is 15.9. The molecule has 0 aliphatic carbocycles. The summed E-state index contributed by atoms with van der Waals surface area (Å²) in [6.45, 7) is 9.19. The van der Waals surface area contributed by atoms with E-state index in [1.807, 2.05) is 26.8 Å². The fourth-order valence-electron chi connectivity index (χ4n) is 3.87. The molecule has 0 amide bonds. The van der Waals surface area contributed by atoms with E-state index < -0.39 is 11.8 Å². The number of methoxy groups -OCH3 is 1. The number of piperidine rings is 1. The third-order valence-electron chi connectivity index (χ3n) is 5.30. The first-order valence-corrected chi connectivity index (χ1v) is 10.4.